The molecule has 10 heavy (non-hydrogen) atoms. The Hall–Kier alpha value is -0.0400. The van der Waals surface area contributed by atoms with Crippen LogP contribution in [0.2, 0.25) is 0 Å². The van der Waals surface area contributed by atoms with Gasteiger partial charge in [0.15, 0.2) is 5.78 Å². The molecule has 0 aliphatic heterocycles. The van der Waals surface area contributed by atoms with Gasteiger partial charge in [-0.1, -0.05) is 0 Å². The highest BCUT2D eigenvalue weighted by atomic mass is 35.5. The number of hydrogen-bond donors (Lipinski definition) is 0. The Morgan fingerprint density at radius 1 is 1.50 bits per heavy atom. The van der Waals surface area contributed by atoms with Crippen LogP contribution in [0.3, 0.4) is 0 Å². The lowest BCUT2D eigenvalue weighted by molar-refractivity contribution is -0.124. The molecule has 2 rings (SSSR count). The number of carbonyl (C=O) groups is 1. The van der Waals surface area contributed by atoms with Crippen molar-refractivity contribution in [1.29, 1.82) is 0 Å². The van der Waals surface area contributed by atoms with Crippen molar-refractivity contribution >= 4 is 17.4 Å². The van der Waals surface area contributed by atoms with Gasteiger partial charge in [0.05, 0.1) is 5.88 Å². The molecule has 2 heteroatoms. The molecule has 0 aromatic heterocycles. The highest BCUT2D eigenvalue weighted by Crippen LogP contribution is 2.63. The number of ketones is 1. The van der Waals surface area contributed by atoms with Crippen molar-refractivity contribution in [3.8, 4) is 0 Å². The average Bonchev–Trinajstić information content (AvgIpc) is 2.61. The lowest BCUT2D eigenvalue weighted by atomic mass is 9.70. The largest absolute Gasteiger partial charge is 0.298 e. The molecular weight excluding hydrogens is 148 g/mol. The molecule has 2 saturated carbocycles. The molecule has 0 unspecified atom stereocenters. The second-order valence-electron chi connectivity index (χ2n) is 3.71. The van der Waals surface area contributed by atoms with Gasteiger partial charge in [0.25, 0.3) is 0 Å². The van der Waals surface area contributed by atoms with Gasteiger partial charge < -0.3 is 0 Å². The molecular formula is C8H11ClO. The summed E-state index contributed by atoms with van der Waals surface area (Å²) in [5.74, 6) is 0.819. The smallest absolute Gasteiger partial charge is 0.150 e. The Balaban J connectivity index is 1.84. The van der Waals surface area contributed by atoms with Crippen molar-refractivity contribution < 1.29 is 4.79 Å². The minimum Gasteiger partial charge on any atom is -0.298 e. The predicted octanol–water partition coefficient (Wildman–Crippen LogP) is 1.98. The number of rotatable bonds is 2. The third-order valence-corrected chi connectivity index (χ3v) is 3.17. The number of Topliss-reactive ketones (excluding diaryl/α,β-unsaturated/α-hetero) is 1. The number of hydrogen-bond acceptors (Lipinski definition) is 1. The predicted molar refractivity (Wildman–Crippen MR) is 40.1 cm³/mol. The van der Waals surface area contributed by atoms with Crippen LogP contribution in [0.5, 0.6) is 0 Å². The van der Waals surface area contributed by atoms with E-state index in [1.54, 1.807) is 0 Å². The Morgan fingerprint density at radius 3 is 2.50 bits per heavy atom. The van der Waals surface area contributed by atoms with Gasteiger partial charge in [0, 0.05) is 5.92 Å². The summed E-state index contributed by atoms with van der Waals surface area (Å²) in [7, 11) is 0. The highest BCUT2D eigenvalue weighted by Gasteiger charge is 2.54. The summed E-state index contributed by atoms with van der Waals surface area (Å²) < 4.78 is 0. The summed E-state index contributed by atoms with van der Waals surface area (Å²) in [4.78, 5) is 11.0. The van der Waals surface area contributed by atoms with Crippen LogP contribution in [0.1, 0.15) is 25.7 Å². The van der Waals surface area contributed by atoms with Gasteiger partial charge >= 0.3 is 0 Å². The monoisotopic (exact) mass is 158 g/mol. The van der Waals surface area contributed by atoms with Crippen LogP contribution in [0, 0.1) is 11.3 Å². The molecule has 0 amide bonds. The van der Waals surface area contributed by atoms with Gasteiger partial charge in [-0.15, -0.1) is 11.6 Å². The second kappa shape index (κ2) is 1.97. The zero-order chi connectivity index (χ0) is 7.19. The van der Waals surface area contributed by atoms with Crippen LogP contribution in [0.15, 0.2) is 0 Å². The van der Waals surface area contributed by atoms with Gasteiger partial charge in [-0.2, -0.15) is 0 Å². The van der Waals surface area contributed by atoms with Crippen molar-refractivity contribution in [3.05, 3.63) is 0 Å². The standard InChI is InChI=1S/C8H11ClO/c9-5-7(10)6-3-8(4-6)1-2-8/h6H,1-5H2. The van der Waals surface area contributed by atoms with Gasteiger partial charge in [0.1, 0.15) is 0 Å². The van der Waals surface area contributed by atoms with Crippen LogP contribution >= 0.6 is 11.6 Å². The number of alkyl halides is 1. The Kier molecular flexibility index (Phi) is 1.31. The summed E-state index contributed by atoms with van der Waals surface area (Å²) in [6.07, 6.45) is 5.00. The highest BCUT2D eigenvalue weighted by molar-refractivity contribution is 6.28. The lowest BCUT2D eigenvalue weighted by Crippen LogP contribution is -2.32. The molecule has 2 aliphatic rings. The summed E-state index contributed by atoms with van der Waals surface area (Å²) >= 11 is 5.42. The molecule has 56 valence electrons. The topological polar surface area (TPSA) is 17.1 Å². The summed E-state index contributed by atoms with van der Waals surface area (Å²) in [5, 5.41) is 0. The lowest BCUT2D eigenvalue weighted by Gasteiger charge is -2.34. The minimum absolute atomic E-state index is 0.223. The molecule has 0 saturated heterocycles. The maximum absolute atomic E-state index is 11.0. The molecule has 0 bridgehead atoms. The van der Waals surface area contributed by atoms with Crippen molar-refractivity contribution in [2.24, 2.45) is 11.3 Å². The van der Waals surface area contributed by atoms with E-state index >= 15 is 0 Å². The Bertz CT molecular complexity index is 164. The zero-order valence-electron chi connectivity index (χ0n) is 5.90. The molecule has 0 atom stereocenters. The van der Waals surface area contributed by atoms with E-state index in [1.165, 1.54) is 12.8 Å². The second-order valence-corrected chi connectivity index (χ2v) is 3.97. The van der Waals surface area contributed by atoms with Crippen LogP contribution in [0.4, 0.5) is 0 Å². The van der Waals surface area contributed by atoms with E-state index in [1.807, 2.05) is 0 Å². The van der Waals surface area contributed by atoms with E-state index < -0.39 is 0 Å². The van der Waals surface area contributed by atoms with E-state index in [2.05, 4.69) is 0 Å². The Morgan fingerprint density at radius 2 is 2.10 bits per heavy atom. The van der Waals surface area contributed by atoms with Crippen molar-refractivity contribution in [2.45, 2.75) is 25.7 Å². The molecule has 1 spiro atoms. The molecule has 0 aromatic rings. The first-order chi connectivity index (χ1) is 4.76. The third kappa shape index (κ3) is 0.878. The minimum atomic E-state index is 0.223. The average molecular weight is 159 g/mol. The molecule has 2 aliphatic carbocycles. The zero-order valence-corrected chi connectivity index (χ0v) is 6.66. The van der Waals surface area contributed by atoms with E-state index in [0.29, 0.717) is 11.3 Å². The SMILES string of the molecule is O=C(CCl)C1CC2(CC2)C1. The van der Waals surface area contributed by atoms with Crippen molar-refractivity contribution in [1.82, 2.24) is 0 Å². The van der Waals surface area contributed by atoms with Crippen molar-refractivity contribution in [3.63, 3.8) is 0 Å². The third-order valence-electron chi connectivity index (χ3n) is 2.90. The molecule has 2 fully saturated rings. The fraction of sp³-hybridized carbons (Fsp3) is 0.875. The summed E-state index contributed by atoms with van der Waals surface area (Å²) in [6.45, 7) is 0. The summed E-state index contributed by atoms with van der Waals surface area (Å²) in [6, 6.07) is 0. The van der Waals surface area contributed by atoms with Gasteiger partial charge in [0.2, 0.25) is 0 Å². The maximum Gasteiger partial charge on any atom is 0.150 e. The van der Waals surface area contributed by atoms with E-state index in [4.69, 9.17) is 11.6 Å². The Labute approximate surface area is 65.7 Å². The quantitative estimate of drug-likeness (QED) is 0.562. The maximum atomic E-state index is 11.0. The number of carbonyl (C=O) groups excluding carboxylic acids is 1. The van der Waals surface area contributed by atoms with Crippen molar-refractivity contribution in [2.75, 3.05) is 5.88 Å². The summed E-state index contributed by atoms with van der Waals surface area (Å²) in [5.41, 5.74) is 0.645. The first-order valence-electron chi connectivity index (χ1n) is 3.84. The van der Waals surface area contributed by atoms with Crippen LogP contribution in [0.25, 0.3) is 0 Å². The molecule has 0 N–H and O–H groups in total. The van der Waals surface area contributed by atoms with Gasteiger partial charge in [-0.25, -0.2) is 0 Å². The van der Waals surface area contributed by atoms with Crippen LogP contribution < -0.4 is 0 Å². The molecule has 0 heterocycles. The fourth-order valence-corrected chi connectivity index (χ4v) is 2.13. The molecule has 1 nitrogen and oxygen atoms in total. The van der Waals surface area contributed by atoms with E-state index in [-0.39, 0.29) is 11.7 Å². The van der Waals surface area contributed by atoms with Gasteiger partial charge in [-0.3, -0.25) is 4.79 Å². The van der Waals surface area contributed by atoms with E-state index in [9.17, 15) is 4.79 Å². The van der Waals surface area contributed by atoms with E-state index in [0.717, 1.165) is 12.8 Å². The van der Waals surface area contributed by atoms with Crippen LogP contribution in [-0.4, -0.2) is 11.7 Å². The normalized spacial score (nSPS) is 28.1. The van der Waals surface area contributed by atoms with Gasteiger partial charge in [-0.05, 0) is 31.1 Å². The molecule has 0 aromatic carbocycles. The van der Waals surface area contributed by atoms with Crippen LogP contribution in [-0.2, 0) is 4.79 Å². The fourth-order valence-electron chi connectivity index (χ4n) is 1.91. The molecule has 0 radical (unpaired) electrons. The first-order valence-corrected chi connectivity index (χ1v) is 4.38. The first kappa shape index (κ1) is 6.66. The number of halogens is 1.